The molecule has 0 spiro atoms. The lowest BCUT2D eigenvalue weighted by molar-refractivity contribution is -0.137. The number of hydrogen-bond acceptors (Lipinski definition) is 3. The Hall–Kier alpha value is -3.98. The maximum absolute atomic E-state index is 13.3. The minimum absolute atomic E-state index is 0.0343. The Balaban J connectivity index is 1.75. The predicted octanol–water partition coefficient (Wildman–Crippen LogP) is 6.42. The third-order valence-corrected chi connectivity index (χ3v) is 5.38. The number of nitrogens with zero attached hydrogens (tertiary/aromatic N) is 2. The zero-order chi connectivity index (χ0) is 23.4. The topological polar surface area (TPSA) is 42.9 Å². The molecular formula is C27H19F3N2O. The monoisotopic (exact) mass is 444 g/mol. The van der Waals surface area contributed by atoms with Crippen LogP contribution in [0.15, 0.2) is 79.1 Å². The lowest BCUT2D eigenvalue weighted by atomic mass is 9.86. The number of hydrogen-bond donors (Lipinski definition) is 0. The van der Waals surface area contributed by atoms with Gasteiger partial charge in [0, 0.05) is 41.2 Å². The normalized spacial score (nSPS) is 12.1. The molecule has 0 fully saturated rings. The van der Waals surface area contributed by atoms with Crippen LogP contribution in [0.3, 0.4) is 0 Å². The summed E-state index contributed by atoms with van der Waals surface area (Å²) in [6.45, 7) is 1.69. The Labute approximate surface area is 189 Å². The molecule has 1 atom stereocenters. The summed E-state index contributed by atoms with van der Waals surface area (Å²) in [7, 11) is 0. The van der Waals surface area contributed by atoms with Gasteiger partial charge in [0.25, 0.3) is 0 Å². The number of ketones is 1. The van der Waals surface area contributed by atoms with Crippen LogP contribution in [-0.4, -0.2) is 15.8 Å². The summed E-state index contributed by atoms with van der Waals surface area (Å²) in [6.07, 6.45) is -1.12. The number of halogens is 3. The van der Waals surface area contributed by atoms with Gasteiger partial charge in [-0.25, -0.2) is 0 Å². The van der Waals surface area contributed by atoms with Gasteiger partial charge in [0.2, 0.25) is 0 Å². The second kappa shape index (κ2) is 9.25. The fourth-order valence-electron chi connectivity index (χ4n) is 3.76. The second-order valence-electron chi connectivity index (χ2n) is 7.52. The molecule has 0 aliphatic rings. The van der Waals surface area contributed by atoms with E-state index >= 15 is 0 Å². The number of alkyl halides is 3. The third kappa shape index (κ3) is 4.93. The molecule has 0 N–H and O–H groups in total. The molecule has 33 heavy (non-hydrogen) atoms. The highest BCUT2D eigenvalue weighted by atomic mass is 19.4. The summed E-state index contributed by atoms with van der Waals surface area (Å²) in [5.41, 5.74) is 2.30. The van der Waals surface area contributed by atoms with Crippen molar-refractivity contribution < 1.29 is 18.0 Å². The summed E-state index contributed by atoms with van der Waals surface area (Å²) in [5.74, 6) is 5.12. The first-order chi connectivity index (χ1) is 15.9. The molecule has 0 radical (unpaired) electrons. The molecule has 0 aliphatic carbocycles. The lowest BCUT2D eigenvalue weighted by Gasteiger charge is -2.19. The molecular weight excluding hydrogens is 425 g/mol. The van der Waals surface area contributed by atoms with E-state index in [1.807, 2.05) is 6.07 Å². The van der Waals surface area contributed by atoms with Crippen molar-refractivity contribution in [3.05, 3.63) is 107 Å². The largest absolute Gasteiger partial charge is 0.416 e. The van der Waals surface area contributed by atoms with Gasteiger partial charge in [0.1, 0.15) is 0 Å². The number of fused-ring (bicyclic) bond motifs is 1. The van der Waals surface area contributed by atoms with Gasteiger partial charge in [-0.15, -0.1) is 5.92 Å². The number of aromatic nitrogens is 2. The third-order valence-electron chi connectivity index (χ3n) is 5.38. The standard InChI is InChI=1S/C27H19F3N2O/c1-2-5-19-6-3-15-32-26(19)23(18-8-11-22(12-9-18)27(28,29)30)17-25(33)21-10-13-24-20(16-21)7-4-14-31-24/h3-4,6-16,23H,17H2,1H3/t23-/m0/s1. The van der Waals surface area contributed by atoms with Gasteiger partial charge < -0.3 is 0 Å². The van der Waals surface area contributed by atoms with E-state index in [1.165, 1.54) is 12.1 Å². The van der Waals surface area contributed by atoms with Gasteiger partial charge in [-0.05, 0) is 61.0 Å². The first-order valence-electron chi connectivity index (χ1n) is 10.3. The fraction of sp³-hybridized carbons (Fsp3) is 0.148. The Bertz CT molecular complexity index is 1370. The van der Waals surface area contributed by atoms with Gasteiger partial charge in [-0.1, -0.05) is 24.1 Å². The van der Waals surface area contributed by atoms with E-state index in [9.17, 15) is 18.0 Å². The van der Waals surface area contributed by atoms with Crippen molar-refractivity contribution in [2.24, 2.45) is 0 Å². The highest BCUT2D eigenvalue weighted by Gasteiger charge is 2.31. The molecule has 2 aromatic carbocycles. The van der Waals surface area contributed by atoms with Crippen LogP contribution in [-0.2, 0) is 6.18 Å². The van der Waals surface area contributed by atoms with E-state index in [0.29, 0.717) is 22.4 Å². The van der Waals surface area contributed by atoms with E-state index in [1.54, 1.807) is 55.7 Å². The van der Waals surface area contributed by atoms with Crippen molar-refractivity contribution in [2.75, 3.05) is 0 Å². The van der Waals surface area contributed by atoms with Crippen molar-refractivity contribution >= 4 is 16.7 Å². The number of rotatable bonds is 5. The van der Waals surface area contributed by atoms with E-state index in [0.717, 1.165) is 23.0 Å². The second-order valence-corrected chi connectivity index (χ2v) is 7.52. The zero-order valence-corrected chi connectivity index (χ0v) is 17.7. The molecule has 6 heteroatoms. The zero-order valence-electron chi connectivity index (χ0n) is 17.7. The van der Waals surface area contributed by atoms with E-state index < -0.39 is 17.7 Å². The van der Waals surface area contributed by atoms with Crippen molar-refractivity contribution in [1.29, 1.82) is 0 Å². The number of carbonyl (C=O) groups excluding carboxylic acids is 1. The van der Waals surface area contributed by atoms with Gasteiger partial charge in [-0.3, -0.25) is 14.8 Å². The first-order valence-corrected chi connectivity index (χ1v) is 10.3. The van der Waals surface area contributed by atoms with E-state index in [4.69, 9.17) is 0 Å². The predicted molar refractivity (Wildman–Crippen MR) is 121 cm³/mol. The Kier molecular flexibility index (Phi) is 6.23. The Morgan fingerprint density at radius 2 is 1.70 bits per heavy atom. The summed E-state index contributed by atoms with van der Waals surface area (Å²) in [5, 5.41) is 0.838. The molecule has 0 saturated heterocycles. The molecule has 0 saturated carbocycles. The molecule has 3 nitrogen and oxygen atoms in total. The fourth-order valence-corrected chi connectivity index (χ4v) is 3.76. The SMILES string of the molecule is CC#Cc1cccnc1[C@@H](CC(=O)c1ccc2ncccc2c1)c1ccc(C(F)(F)F)cc1. The molecule has 0 bridgehead atoms. The smallest absolute Gasteiger partial charge is 0.294 e. The van der Waals surface area contributed by atoms with Crippen LogP contribution in [0.2, 0.25) is 0 Å². The minimum Gasteiger partial charge on any atom is -0.294 e. The van der Waals surface area contributed by atoms with Gasteiger partial charge in [-0.2, -0.15) is 13.2 Å². The van der Waals surface area contributed by atoms with Crippen LogP contribution in [0.5, 0.6) is 0 Å². The lowest BCUT2D eigenvalue weighted by Crippen LogP contribution is -2.13. The highest BCUT2D eigenvalue weighted by molar-refractivity contribution is 6.00. The van der Waals surface area contributed by atoms with Crippen LogP contribution < -0.4 is 0 Å². The Morgan fingerprint density at radius 3 is 2.42 bits per heavy atom. The highest BCUT2D eigenvalue weighted by Crippen LogP contribution is 2.34. The molecule has 2 heterocycles. The number of pyridine rings is 2. The molecule has 164 valence electrons. The van der Waals surface area contributed by atoms with Crippen LogP contribution in [0.4, 0.5) is 13.2 Å². The summed E-state index contributed by atoms with van der Waals surface area (Å²) in [6, 6.07) is 17.4. The van der Waals surface area contributed by atoms with Crippen LogP contribution in [0, 0.1) is 11.8 Å². The van der Waals surface area contributed by atoms with Gasteiger partial charge in [0.15, 0.2) is 5.78 Å². The van der Waals surface area contributed by atoms with Crippen molar-refractivity contribution in [1.82, 2.24) is 9.97 Å². The van der Waals surface area contributed by atoms with Crippen LogP contribution in [0.25, 0.3) is 10.9 Å². The van der Waals surface area contributed by atoms with Crippen LogP contribution >= 0.6 is 0 Å². The quantitative estimate of drug-likeness (QED) is 0.263. The summed E-state index contributed by atoms with van der Waals surface area (Å²) in [4.78, 5) is 22.0. The minimum atomic E-state index is -4.44. The van der Waals surface area contributed by atoms with Crippen molar-refractivity contribution in [2.45, 2.75) is 25.4 Å². The Morgan fingerprint density at radius 1 is 0.970 bits per heavy atom. The van der Waals surface area contributed by atoms with Crippen molar-refractivity contribution in [3.8, 4) is 11.8 Å². The van der Waals surface area contributed by atoms with Gasteiger partial charge in [0.05, 0.1) is 16.8 Å². The van der Waals surface area contributed by atoms with Gasteiger partial charge >= 0.3 is 6.18 Å². The molecule has 0 amide bonds. The molecule has 0 aliphatic heterocycles. The van der Waals surface area contributed by atoms with E-state index in [-0.39, 0.29) is 12.2 Å². The average Bonchev–Trinajstić information content (AvgIpc) is 2.82. The number of Topliss-reactive ketones (excluding diaryl/α,β-unsaturated/α-hetero) is 1. The molecule has 4 rings (SSSR count). The van der Waals surface area contributed by atoms with Crippen LogP contribution in [0.1, 0.15) is 52.0 Å². The van der Waals surface area contributed by atoms with Crippen molar-refractivity contribution in [3.63, 3.8) is 0 Å². The average molecular weight is 444 g/mol. The maximum Gasteiger partial charge on any atom is 0.416 e. The first kappa shape index (κ1) is 22.2. The number of benzene rings is 2. The number of carbonyl (C=O) groups is 1. The molecule has 0 unspecified atom stereocenters. The van der Waals surface area contributed by atoms with E-state index in [2.05, 4.69) is 21.8 Å². The summed E-state index contributed by atoms with van der Waals surface area (Å²) < 4.78 is 39.2. The molecule has 2 aromatic heterocycles. The summed E-state index contributed by atoms with van der Waals surface area (Å²) >= 11 is 0. The molecule has 4 aromatic rings. The maximum atomic E-state index is 13.3.